The normalized spacial score (nSPS) is 10.3. The van der Waals surface area contributed by atoms with E-state index < -0.39 is 0 Å². The van der Waals surface area contributed by atoms with Crippen molar-refractivity contribution in [3.8, 4) is 11.4 Å². The van der Waals surface area contributed by atoms with Crippen molar-refractivity contribution in [3.05, 3.63) is 46.8 Å². The molecule has 1 aromatic heterocycles. The number of hydrogen-bond donors (Lipinski definition) is 1. The van der Waals surface area contributed by atoms with Crippen molar-refractivity contribution in [3.63, 3.8) is 0 Å². The minimum Gasteiger partial charge on any atom is -0.296 e. The van der Waals surface area contributed by atoms with E-state index in [2.05, 4.69) is 17.6 Å². The van der Waals surface area contributed by atoms with Crippen molar-refractivity contribution in [1.29, 1.82) is 0 Å². The molecule has 0 saturated heterocycles. The lowest BCUT2D eigenvalue weighted by Crippen LogP contribution is -2.18. The summed E-state index contributed by atoms with van der Waals surface area (Å²) >= 11 is 4.10. The van der Waals surface area contributed by atoms with Gasteiger partial charge in [0.25, 0.3) is 5.56 Å². The molecule has 2 rings (SSSR count). The molecule has 0 aliphatic carbocycles. The van der Waals surface area contributed by atoms with Gasteiger partial charge in [-0.15, -0.1) is 12.6 Å². The highest BCUT2D eigenvalue weighted by molar-refractivity contribution is 7.80. The molecule has 76 valence electrons. The van der Waals surface area contributed by atoms with E-state index in [4.69, 9.17) is 0 Å². The van der Waals surface area contributed by atoms with E-state index in [0.29, 0.717) is 10.9 Å². The van der Waals surface area contributed by atoms with Gasteiger partial charge in [-0.2, -0.15) is 0 Å². The zero-order valence-corrected chi connectivity index (χ0v) is 9.11. The fourth-order valence-corrected chi connectivity index (χ4v) is 1.58. The molecule has 1 heterocycles. The zero-order valence-electron chi connectivity index (χ0n) is 8.21. The van der Waals surface area contributed by atoms with Crippen molar-refractivity contribution in [1.82, 2.24) is 9.55 Å². The highest BCUT2D eigenvalue weighted by Gasteiger charge is 2.05. The monoisotopic (exact) mass is 218 g/mol. The third kappa shape index (κ3) is 1.94. The molecule has 0 saturated carbocycles. The summed E-state index contributed by atoms with van der Waals surface area (Å²) in [6, 6.07) is 11.0. The van der Waals surface area contributed by atoms with Crippen LogP contribution < -0.4 is 5.56 Å². The van der Waals surface area contributed by atoms with Crippen LogP contribution in [0.1, 0.15) is 0 Å². The van der Waals surface area contributed by atoms with E-state index in [1.807, 2.05) is 30.3 Å². The predicted molar refractivity (Wildman–Crippen MR) is 62.2 cm³/mol. The number of nitrogens with zero attached hydrogens (tertiary/aromatic N) is 2. The number of rotatable bonds is 1. The van der Waals surface area contributed by atoms with Gasteiger partial charge < -0.3 is 0 Å². The van der Waals surface area contributed by atoms with Crippen LogP contribution in [-0.2, 0) is 7.05 Å². The maximum absolute atomic E-state index is 11.5. The molecule has 0 atom stereocenters. The Morgan fingerprint density at radius 2 is 1.93 bits per heavy atom. The topological polar surface area (TPSA) is 34.9 Å². The Morgan fingerprint density at radius 1 is 1.27 bits per heavy atom. The minimum atomic E-state index is -0.103. The molecule has 1 aromatic carbocycles. The first-order valence-electron chi connectivity index (χ1n) is 4.51. The molecule has 0 radical (unpaired) electrons. The lowest BCUT2D eigenvalue weighted by atomic mass is 10.2. The van der Waals surface area contributed by atoms with Crippen molar-refractivity contribution >= 4 is 12.6 Å². The molecule has 0 spiro atoms. The highest BCUT2D eigenvalue weighted by atomic mass is 32.1. The second-order valence-corrected chi connectivity index (χ2v) is 3.66. The molecule has 4 heteroatoms. The Bertz CT molecular complexity index is 534. The Balaban J connectivity index is 2.68. The highest BCUT2D eigenvalue weighted by Crippen LogP contribution is 2.15. The lowest BCUT2D eigenvalue weighted by Gasteiger charge is -2.06. The Morgan fingerprint density at radius 3 is 2.60 bits per heavy atom. The molecule has 0 amide bonds. The molecule has 15 heavy (non-hydrogen) atoms. The summed E-state index contributed by atoms with van der Waals surface area (Å²) in [5.41, 5.74) is 0.807. The molecule has 0 N–H and O–H groups in total. The largest absolute Gasteiger partial charge is 0.296 e. The molecule has 0 fully saturated rings. The average Bonchev–Trinajstić information content (AvgIpc) is 2.24. The second-order valence-electron chi connectivity index (χ2n) is 3.20. The quantitative estimate of drug-likeness (QED) is 0.584. The third-order valence-corrected chi connectivity index (χ3v) is 2.38. The molecule has 0 aliphatic rings. The summed E-state index contributed by atoms with van der Waals surface area (Å²) in [5.74, 6) is 0.633. The fraction of sp³-hybridized carbons (Fsp3) is 0.0909. The van der Waals surface area contributed by atoms with Crippen molar-refractivity contribution in [2.75, 3.05) is 0 Å². The summed E-state index contributed by atoms with van der Waals surface area (Å²) in [5, 5.41) is 0.442. The minimum absolute atomic E-state index is 0.103. The van der Waals surface area contributed by atoms with Gasteiger partial charge in [0, 0.05) is 18.7 Å². The Labute approximate surface area is 92.8 Å². The van der Waals surface area contributed by atoms with E-state index in [-0.39, 0.29) is 5.56 Å². The summed E-state index contributed by atoms with van der Waals surface area (Å²) < 4.78 is 1.51. The van der Waals surface area contributed by atoms with Gasteiger partial charge in [-0.1, -0.05) is 30.3 Å². The van der Waals surface area contributed by atoms with Crippen LogP contribution in [0.25, 0.3) is 11.4 Å². The summed E-state index contributed by atoms with van der Waals surface area (Å²) in [7, 11) is 1.70. The summed E-state index contributed by atoms with van der Waals surface area (Å²) in [6.07, 6.45) is 0. The molecule has 3 nitrogen and oxygen atoms in total. The van der Waals surface area contributed by atoms with Crippen LogP contribution in [0.5, 0.6) is 0 Å². The second kappa shape index (κ2) is 3.90. The molecular formula is C11H10N2OS. The molecule has 2 aromatic rings. The van der Waals surface area contributed by atoms with Gasteiger partial charge in [-0.05, 0) is 0 Å². The van der Waals surface area contributed by atoms with E-state index in [9.17, 15) is 4.79 Å². The molecule has 0 bridgehead atoms. The first-order valence-corrected chi connectivity index (χ1v) is 4.95. The van der Waals surface area contributed by atoms with Crippen molar-refractivity contribution in [2.24, 2.45) is 7.05 Å². The van der Waals surface area contributed by atoms with E-state index in [1.165, 1.54) is 10.6 Å². The van der Waals surface area contributed by atoms with E-state index in [0.717, 1.165) is 5.56 Å². The van der Waals surface area contributed by atoms with Gasteiger partial charge in [0.05, 0.1) is 0 Å². The molecule has 0 aliphatic heterocycles. The van der Waals surface area contributed by atoms with Crippen LogP contribution >= 0.6 is 12.6 Å². The fourth-order valence-electron chi connectivity index (χ4n) is 1.37. The first-order chi connectivity index (χ1) is 7.18. The van der Waals surface area contributed by atoms with Crippen LogP contribution in [-0.4, -0.2) is 9.55 Å². The zero-order chi connectivity index (χ0) is 10.8. The Hall–Kier alpha value is -1.55. The van der Waals surface area contributed by atoms with E-state index in [1.54, 1.807) is 7.05 Å². The summed E-state index contributed by atoms with van der Waals surface area (Å²) in [6.45, 7) is 0. The van der Waals surface area contributed by atoms with Gasteiger partial charge in [0.1, 0.15) is 10.9 Å². The van der Waals surface area contributed by atoms with E-state index >= 15 is 0 Å². The average molecular weight is 218 g/mol. The smallest absolute Gasteiger partial charge is 0.254 e. The SMILES string of the molecule is Cn1c(-c2ccccc2)nc(S)cc1=O. The first kappa shape index (κ1) is 9.98. The van der Waals surface area contributed by atoms with Crippen LogP contribution in [0.2, 0.25) is 0 Å². The Kier molecular flexibility index (Phi) is 2.60. The van der Waals surface area contributed by atoms with Crippen molar-refractivity contribution < 1.29 is 0 Å². The maximum Gasteiger partial charge on any atom is 0.254 e. The standard InChI is InChI=1S/C11H10N2OS/c1-13-10(14)7-9(15)12-11(13)8-5-3-2-4-6-8/h2-7,15H,1H3. The molecule has 0 unspecified atom stereocenters. The van der Waals surface area contributed by atoms with Crippen LogP contribution in [0, 0.1) is 0 Å². The van der Waals surface area contributed by atoms with Crippen LogP contribution in [0.4, 0.5) is 0 Å². The molecular weight excluding hydrogens is 208 g/mol. The van der Waals surface area contributed by atoms with Gasteiger partial charge in [0.15, 0.2) is 0 Å². The number of hydrogen-bond acceptors (Lipinski definition) is 3. The number of aromatic nitrogens is 2. The lowest BCUT2D eigenvalue weighted by molar-refractivity contribution is 0.812. The van der Waals surface area contributed by atoms with Gasteiger partial charge in [-0.3, -0.25) is 9.36 Å². The van der Waals surface area contributed by atoms with Gasteiger partial charge in [-0.25, -0.2) is 4.98 Å². The maximum atomic E-state index is 11.5. The third-order valence-electron chi connectivity index (χ3n) is 2.15. The summed E-state index contributed by atoms with van der Waals surface area (Å²) in [4.78, 5) is 15.7. The number of thiol groups is 1. The number of benzene rings is 1. The van der Waals surface area contributed by atoms with Gasteiger partial charge >= 0.3 is 0 Å². The van der Waals surface area contributed by atoms with Gasteiger partial charge in [0.2, 0.25) is 0 Å². The predicted octanol–water partition coefficient (Wildman–Crippen LogP) is 1.74. The van der Waals surface area contributed by atoms with Crippen LogP contribution in [0.3, 0.4) is 0 Å². The van der Waals surface area contributed by atoms with Crippen LogP contribution in [0.15, 0.2) is 46.2 Å². The van der Waals surface area contributed by atoms with Crippen molar-refractivity contribution in [2.45, 2.75) is 5.03 Å².